The van der Waals surface area contributed by atoms with Crippen molar-refractivity contribution in [3.05, 3.63) is 156 Å². The van der Waals surface area contributed by atoms with Crippen molar-refractivity contribution in [2.75, 3.05) is 6.61 Å². The summed E-state index contributed by atoms with van der Waals surface area (Å²) in [5, 5.41) is 0. The third-order valence-corrected chi connectivity index (χ3v) is 12.8. The summed E-state index contributed by atoms with van der Waals surface area (Å²) >= 11 is -1.71. The molecule has 0 saturated carbocycles. The van der Waals surface area contributed by atoms with Crippen LogP contribution in [-0.2, 0) is 73.5 Å². The zero-order valence-electron chi connectivity index (χ0n) is 25.0. The van der Waals surface area contributed by atoms with Gasteiger partial charge in [-0.2, -0.15) is 0 Å². The predicted octanol–water partition coefficient (Wildman–Crippen LogP) is 7.94. The van der Waals surface area contributed by atoms with Gasteiger partial charge in [0.1, 0.15) is 0 Å². The molecule has 4 aromatic rings. The van der Waals surface area contributed by atoms with E-state index in [1.807, 2.05) is 78.9 Å². The summed E-state index contributed by atoms with van der Waals surface area (Å²) in [5.74, 6) is 0. The van der Waals surface area contributed by atoms with E-state index in [4.69, 9.17) is 31.9 Å². The molecule has 44 heavy (non-hydrogen) atoms. The molecular formula is C37H39ClHgO5. The molecule has 0 aromatic heterocycles. The van der Waals surface area contributed by atoms with E-state index in [-0.39, 0.29) is 12.7 Å². The van der Waals surface area contributed by atoms with E-state index in [1.54, 1.807) is 0 Å². The zero-order valence-corrected chi connectivity index (χ0v) is 31.3. The van der Waals surface area contributed by atoms with E-state index < -0.39 is 47.3 Å². The monoisotopic (exact) mass is 800 g/mol. The summed E-state index contributed by atoms with van der Waals surface area (Å²) in [6, 6.07) is 40.6. The van der Waals surface area contributed by atoms with Crippen molar-refractivity contribution in [2.45, 2.75) is 60.4 Å². The van der Waals surface area contributed by atoms with Crippen LogP contribution in [-0.4, -0.2) is 36.6 Å². The van der Waals surface area contributed by atoms with Crippen molar-refractivity contribution in [2.24, 2.45) is 0 Å². The van der Waals surface area contributed by atoms with Gasteiger partial charge in [0.25, 0.3) is 0 Å². The Labute approximate surface area is 277 Å². The SMILES string of the molecule is C=C[C@@]1(COCc2ccccc2)O[C@@H]([CH2][Hg][Cl])[C@H](OCc2ccccc2)[C@@H](OCc2ccccc2)[C@@H]1OCc1ccccc1. The average molecular weight is 800 g/mol. The van der Waals surface area contributed by atoms with Crippen LogP contribution in [0.25, 0.3) is 0 Å². The maximum absolute atomic E-state index is 6.98. The summed E-state index contributed by atoms with van der Waals surface area (Å²) in [6.07, 6.45) is 0.104. The van der Waals surface area contributed by atoms with Gasteiger partial charge in [-0.1, -0.05) is 0 Å². The molecule has 0 aliphatic carbocycles. The van der Waals surface area contributed by atoms with E-state index in [9.17, 15) is 0 Å². The Morgan fingerprint density at radius 1 is 0.636 bits per heavy atom. The van der Waals surface area contributed by atoms with Crippen LogP contribution < -0.4 is 0 Å². The van der Waals surface area contributed by atoms with Crippen molar-refractivity contribution < 1.29 is 47.0 Å². The van der Waals surface area contributed by atoms with Crippen molar-refractivity contribution in [3.63, 3.8) is 0 Å². The molecule has 0 radical (unpaired) electrons. The Morgan fingerprint density at radius 2 is 1.07 bits per heavy atom. The van der Waals surface area contributed by atoms with Gasteiger partial charge in [-0.15, -0.1) is 0 Å². The Kier molecular flexibility index (Phi) is 13.0. The van der Waals surface area contributed by atoms with Crippen molar-refractivity contribution in [1.82, 2.24) is 0 Å². The van der Waals surface area contributed by atoms with Crippen LogP contribution in [0.1, 0.15) is 22.3 Å². The molecule has 1 saturated heterocycles. The number of hydrogen-bond acceptors (Lipinski definition) is 5. The van der Waals surface area contributed by atoms with E-state index in [0.29, 0.717) is 26.4 Å². The van der Waals surface area contributed by atoms with Crippen molar-refractivity contribution in [3.8, 4) is 0 Å². The summed E-state index contributed by atoms with van der Waals surface area (Å²) in [5.41, 5.74) is 3.30. The molecule has 1 heterocycles. The summed E-state index contributed by atoms with van der Waals surface area (Å²) in [6.45, 7) is 6.14. The first-order valence-electron chi connectivity index (χ1n) is 15.2. The molecule has 5 atom stereocenters. The molecule has 7 heteroatoms. The average Bonchev–Trinajstić information content (AvgIpc) is 3.08. The Morgan fingerprint density at radius 3 is 1.52 bits per heavy atom. The number of halogens is 1. The van der Waals surface area contributed by atoms with Crippen LogP contribution >= 0.6 is 8.25 Å². The van der Waals surface area contributed by atoms with Crippen molar-refractivity contribution in [1.29, 1.82) is 0 Å². The topological polar surface area (TPSA) is 46.2 Å². The fraction of sp³-hybridized carbons (Fsp3) is 0.297. The molecule has 5 rings (SSSR count). The summed E-state index contributed by atoms with van der Waals surface area (Å²) in [7, 11) is 6.59. The van der Waals surface area contributed by atoms with Crippen LogP contribution in [0.4, 0.5) is 0 Å². The number of rotatable bonds is 16. The number of hydrogen-bond donors (Lipinski definition) is 0. The zero-order chi connectivity index (χ0) is 30.5. The second kappa shape index (κ2) is 17.4. The Bertz CT molecular complexity index is 1380. The van der Waals surface area contributed by atoms with E-state index in [2.05, 4.69) is 55.1 Å². The number of benzene rings is 4. The minimum absolute atomic E-state index is 0.247. The van der Waals surface area contributed by atoms with E-state index in [0.717, 1.165) is 26.2 Å². The third-order valence-electron chi connectivity index (χ3n) is 7.86. The maximum atomic E-state index is 6.98. The van der Waals surface area contributed by atoms with Gasteiger partial charge in [0.15, 0.2) is 0 Å². The summed E-state index contributed by atoms with van der Waals surface area (Å²) < 4.78 is 34.4. The molecule has 1 aliphatic rings. The van der Waals surface area contributed by atoms with Gasteiger partial charge in [0.05, 0.1) is 0 Å². The van der Waals surface area contributed by atoms with Gasteiger partial charge in [0.2, 0.25) is 0 Å². The standard InChI is InChI=1S/C37H39O5.ClH.Hg/c1-3-37(28-38-24-30-16-8-4-9-17-30)36(41-27-33-22-14-7-15-23-33)35(40-26-32-20-12-6-13-21-32)34(29(2)42-37)39-25-31-18-10-5-11-19-31;;/h3-23,29,34-36H,1-2,24-28H2;1H;/q;;+1/p-1/t29-,34-,35+,36-,37-;;/m0../s1. The Hall–Kier alpha value is -2.35. The van der Waals surface area contributed by atoms with Crippen LogP contribution in [0.3, 0.4) is 0 Å². The molecule has 5 nitrogen and oxygen atoms in total. The van der Waals surface area contributed by atoms with Gasteiger partial charge in [-0.25, -0.2) is 0 Å². The first-order valence-corrected chi connectivity index (χ1v) is 25.8. The molecule has 1 fully saturated rings. The first-order chi connectivity index (χ1) is 21.7. The molecule has 0 spiro atoms. The molecule has 0 bridgehead atoms. The van der Waals surface area contributed by atoms with Crippen LogP contribution in [0, 0.1) is 0 Å². The molecule has 0 amide bonds. The predicted molar refractivity (Wildman–Crippen MR) is 170 cm³/mol. The fourth-order valence-electron chi connectivity index (χ4n) is 5.56. The minimum atomic E-state index is -1.71. The molecule has 226 valence electrons. The quantitative estimate of drug-likeness (QED) is 0.0852. The third kappa shape index (κ3) is 9.10. The van der Waals surface area contributed by atoms with Gasteiger partial charge in [-0.05, 0) is 0 Å². The number of ether oxygens (including phenoxy) is 5. The summed E-state index contributed by atoms with van der Waals surface area (Å²) in [4.78, 5) is 0. The Balaban J connectivity index is 1.48. The molecule has 0 N–H and O–H groups in total. The van der Waals surface area contributed by atoms with Crippen LogP contribution in [0.2, 0.25) is 3.93 Å². The van der Waals surface area contributed by atoms with E-state index >= 15 is 0 Å². The van der Waals surface area contributed by atoms with E-state index in [1.165, 1.54) is 0 Å². The molecule has 0 unspecified atom stereocenters. The van der Waals surface area contributed by atoms with Gasteiger partial charge >= 0.3 is 278 Å². The molecule has 1 aliphatic heterocycles. The molecular weight excluding hydrogens is 760 g/mol. The second-order valence-electron chi connectivity index (χ2n) is 11.0. The van der Waals surface area contributed by atoms with Gasteiger partial charge < -0.3 is 0 Å². The van der Waals surface area contributed by atoms with Gasteiger partial charge in [0, 0.05) is 0 Å². The normalized spacial score (nSPS) is 23.1. The molecule has 4 aromatic carbocycles. The fourth-order valence-corrected chi connectivity index (χ4v) is 10.0. The van der Waals surface area contributed by atoms with Crippen molar-refractivity contribution >= 4 is 8.25 Å². The first kappa shape index (κ1) is 33.0. The van der Waals surface area contributed by atoms with Crippen LogP contribution in [0.5, 0.6) is 0 Å². The van der Waals surface area contributed by atoms with Crippen LogP contribution in [0.15, 0.2) is 134 Å². The second-order valence-corrected chi connectivity index (χ2v) is 18.0. The van der Waals surface area contributed by atoms with Gasteiger partial charge in [-0.3, -0.25) is 0 Å².